The number of hydrogen-bond acceptors (Lipinski definition) is 4. The molecule has 1 aliphatic carbocycles. The topological polar surface area (TPSA) is 70.1 Å². The lowest BCUT2D eigenvalue weighted by Gasteiger charge is -2.38. The SMILES string of the molecule is CCCN(C(=O)OC(C)(C)C)C1(C(=O)O)CC(C)N(C2CC2)C1. The van der Waals surface area contributed by atoms with Crippen molar-refractivity contribution in [2.24, 2.45) is 0 Å². The maximum Gasteiger partial charge on any atom is 0.411 e. The van der Waals surface area contributed by atoms with Crippen molar-refractivity contribution in [1.29, 1.82) is 0 Å². The van der Waals surface area contributed by atoms with E-state index in [1.165, 1.54) is 4.90 Å². The first-order valence-corrected chi connectivity index (χ1v) is 8.60. The van der Waals surface area contributed by atoms with Gasteiger partial charge >= 0.3 is 12.1 Å². The van der Waals surface area contributed by atoms with Crippen molar-refractivity contribution in [2.45, 2.75) is 83.5 Å². The molecule has 2 atom stereocenters. The van der Waals surface area contributed by atoms with Crippen LogP contribution in [0, 0.1) is 0 Å². The van der Waals surface area contributed by atoms with Gasteiger partial charge < -0.3 is 9.84 Å². The van der Waals surface area contributed by atoms with Crippen LogP contribution in [0.4, 0.5) is 4.79 Å². The molecule has 1 N–H and O–H groups in total. The number of likely N-dealkylation sites (tertiary alicyclic amines) is 1. The molecule has 0 bridgehead atoms. The fourth-order valence-electron chi connectivity index (χ4n) is 3.51. The van der Waals surface area contributed by atoms with Crippen molar-refractivity contribution in [1.82, 2.24) is 9.80 Å². The van der Waals surface area contributed by atoms with Crippen molar-refractivity contribution in [3.05, 3.63) is 0 Å². The van der Waals surface area contributed by atoms with E-state index >= 15 is 0 Å². The highest BCUT2D eigenvalue weighted by Gasteiger charge is 2.56. The number of carbonyl (C=O) groups is 2. The Balaban J connectivity index is 2.28. The van der Waals surface area contributed by atoms with Crippen LogP contribution in [0.2, 0.25) is 0 Å². The van der Waals surface area contributed by atoms with Crippen molar-refractivity contribution in [3.63, 3.8) is 0 Å². The van der Waals surface area contributed by atoms with Crippen LogP contribution in [0.1, 0.15) is 60.3 Å². The molecule has 6 nitrogen and oxygen atoms in total. The molecule has 0 aromatic carbocycles. The van der Waals surface area contributed by atoms with Crippen LogP contribution in [-0.2, 0) is 9.53 Å². The summed E-state index contributed by atoms with van der Waals surface area (Å²) in [5.41, 5.74) is -1.82. The van der Waals surface area contributed by atoms with E-state index in [0.29, 0.717) is 32.0 Å². The highest BCUT2D eigenvalue weighted by atomic mass is 16.6. The van der Waals surface area contributed by atoms with Gasteiger partial charge in [0.2, 0.25) is 0 Å². The summed E-state index contributed by atoms with van der Waals surface area (Å²) in [5.74, 6) is -0.924. The normalized spacial score (nSPS) is 28.7. The van der Waals surface area contributed by atoms with E-state index in [0.717, 1.165) is 12.8 Å². The van der Waals surface area contributed by atoms with E-state index in [2.05, 4.69) is 11.8 Å². The predicted molar refractivity (Wildman–Crippen MR) is 87.4 cm³/mol. The first-order chi connectivity index (χ1) is 10.6. The molecule has 132 valence electrons. The summed E-state index contributed by atoms with van der Waals surface area (Å²) in [5, 5.41) is 9.97. The molecular formula is C17H30N2O4. The molecule has 2 unspecified atom stereocenters. The summed E-state index contributed by atoms with van der Waals surface area (Å²) < 4.78 is 5.49. The van der Waals surface area contributed by atoms with Crippen LogP contribution in [-0.4, -0.2) is 63.3 Å². The lowest BCUT2D eigenvalue weighted by atomic mass is 9.94. The first-order valence-electron chi connectivity index (χ1n) is 8.60. The summed E-state index contributed by atoms with van der Waals surface area (Å²) in [6.45, 7) is 10.2. The van der Waals surface area contributed by atoms with E-state index in [-0.39, 0.29) is 6.04 Å². The minimum Gasteiger partial charge on any atom is -0.479 e. The molecule has 1 saturated carbocycles. The van der Waals surface area contributed by atoms with Crippen molar-refractivity contribution < 1.29 is 19.4 Å². The minimum atomic E-state index is -1.18. The summed E-state index contributed by atoms with van der Waals surface area (Å²) >= 11 is 0. The van der Waals surface area contributed by atoms with Crippen LogP contribution in [0.15, 0.2) is 0 Å². The van der Waals surface area contributed by atoms with Crippen LogP contribution >= 0.6 is 0 Å². The van der Waals surface area contributed by atoms with Crippen molar-refractivity contribution in [3.8, 4) is 0 Å². The predicted octanol–water partition coefficient (Wildman–Crippen LogP) is 2.71. The standard InChI is InChI=1S/C17H30N2O4/c1-6-9-19(15(22)23-16(3,4)5)17(14(20)21)10-12(2)18(11-17)13-7-8-13/h12-13H,6-11H2,1-5H3,(H,20,21). The number of nitrogens with zero attached hydrogens (tertiary/aromatic N) is 2. The highest BCUT2D eigenvalue weighted by Crippen LogP contribution is 2.40. The summed E-state index contributed by atoms with van der Waals surface area (Å²) in [7, 11) is 0. The molecule has 1 heterocycles. The molecule has 1 aliphatic heterocycles. The molecule has 23 heavy (non-hydrogen) atoms. The summed E-state index contributed by atoms with van der Waals surface area (Å²) in [6.07, 6.45) is 2.89. The molecule has 2 rings (SSSR count). The van der Waals surface area contributed by atoms with Gasteiger partial charge in [0.1, 0.15) is 5.60 Å². The van der Waals surface area contributed by atoms with Crippen LogP contribution in [0.3, 0.4) is 0 Å². The second-order valence-corrected chi connectivity index (χ2v) is 7.93. The van der Waals surface area contributed by atoms with E-state index < -0.39 is 23.2 Å². The Bertz CT molecular complexity index is 470. The summed E-state index contributed by atoms with van der Waals surface area (Å²) in [6, 6.07) is 0.647. The number of amides is 1. The largest absolute Gasteiger partial charge is 0.479 e. The van der Waals surface area contributed by atoms with E-state index in [9.17, 15) is 14.7 Å². The second kappa shape index (κ2) is 6.30. The molecular weight excluding hydrogens is 296 g/mol. The zero-order valence-electron chi connectivity index (χ0n) is 15.0. The first kappa shape index (κ1) is 18.0. The number of rotatable bonds is 5. The van der Waals surface area contributed by atoms with E-state index in [1.54, 1.807) is 20.8 Å². The third-order valence-corrected chi connectivity index (χ3v) is 4.64. The maximum absolute atomic E-state index is 12.7. The van der Waals surface area contributed by atoms with Crippen LogP contribution < -0.4 is 0 Å². The van der Waals surface area contributed by atoms with Gasteiger partial charge in [0.05, 0.1) is 0 Å². The van der Waals surface area contributed by atoms with Gasteiger partial charge in [-0.05, 0) is 53.4 Å². The van der Waals surface area contributed by atoms with Gasteiger partial charge in [0.25, 0.3) is 0 Å². The Morgan fingerprint density at radius 2 is 1.96 bits per heavy atom. The Labute approximate surface area is 138 Å². The van der Waals surface area contributed by atoms with Crippen LogP contribution in [0.25, 0.3) is 0 Å². The molecule has 2 aliphatic rings. The second-order valence-electron chi connectivity index (χ2n) is 7.93. The molecule has 2 fully saturated rings. The number of hydrogen-bond donors (Lipinski definition) is 1. The van der Waals surface area contributed by atoms with Gasteiger partial charge in [0.15, 0.2) is 5.54 Å². The van der Waals surface area contributed by atoms with E-state index in [1.807, 2.05) is 6.92 Å². The Hall–Kier alpha value is -1.30. The minimum absolute atomic E-state index is 0.167. The number of carboxylic acids is 1. The third kappa shape index (κ3) is 3.79. The Kier molecular flexibility index (Phi) is 4.95. The number of ether oxygens (including phenoxy) is 1. The lowest BCUT2D eigenvalue weighted by Crippen LogP contribution is -2.59. The Morgan fingerprint density at radius 1 is 1.35 bits per heavy atom. The highest BCUT2D eigenvalue weighted by molar-refractivity contribution is 5.85. The molecule has 0 radical (unpaired) electrons. The third-order valence-electron chi connectivity index (χ3n) is 4.64. The number of carbonyl (C=O) groups excluding carboxylic acids is 1. The fourth-order valence-corrected chi connectivity index (χ4v) is 3.51. The van der Waals surface area contributed by atoms with Crippen molar-refractivity contribution >= 4 is 12.1 Å². The van der Waals surface area contributed by atoms with Gasteiger partial charge in [0, 0.05) is 25.2 Å². The monoisotopic (exact) mass is 326 g/mol. The fraction of sp³-hybridized carbons (Fsp3) is 0.882. The van der Waals surface area contributed by atoms with E-state index in [4.69, 9.17) is 4.74 Å². The molecule has 0 spiro atoms. The number of aliphatic carboxylic acids is 1. The molecule has 1 saturated heterocycles. The average Bonchev–Trinajstić information content (AvgIpc) is 3.18. The zero-order chi connectivity index (χ0) is 17.4. The average molecular weight is 326 g/mol. The van der Waals surface area contributed by atoms with Gasteiger partial charge in [-0.3, -0.25) is 9.80 Å². The Morgan fingerprint density at radius 3 is 2.39 bits per heavy atom. The molecule has 0 aromatic rings. The zero-order valence-corrected chi connectivity index (χ0v) is 15.0. The molecule has 6 heteroatoms. The van der Waals surface area contributed by atoms with Gasteiger partial charge in [-0.1, -0.05) is 6.92 Å². The van der Waals surface area contributed by atoms with Crippen molar-refractivity contribution in [2.75, 3.05) is 13.1 Å². The van der Waals surface area contributed by atoms with Gasteiger partial charge in [-0.2, -0.15) is 0 Å². The number of carboxylic acid groups (broad SMARTS) is 1. The smallest absolute Gasteiger partial charge is 0.411 e. The molecule has 0 aromatic heterocycles. The maximum atomic E-state index is 12.7. The summed E-state index contributed by atoms with van der Waals surface area (Å²) in [4.78, 5) is 28.5. The van der Waals surface area contributed by atoms with Gasteiger partial charge in [-0.15, -0.1) is 0 Å². The molecule has 1 amide bonds. The van der Waals surface area contributed by atoms with Crippen LogP contribution in [0.5, 0.6) is 0 Å². The lowest BCUT2D eigenvalue weighted by molar-refractivity contribution is -0.150. The van der Waals surface area contributed by atoms with Gasteiger partial charge in [-0.25, -0.2) is 9.59 Å². The quantitative estimate of drug-likeness (QED) is 0.841.